The average molecular weight is 458 g/mol. The van der Waals surface area contributed by atoms with Crippen LogP contribution in [0.25, 0.3) is 11.5 Å². The van der Waals surface area contributed by atoms with E-state index < -0.39 is 15.8 Å². The van der Waals surface area contributed by atoms with Crippen molar-refractivity contribution in [2.45, 2.75) is 23.6 Å². The zero-order valence-corrected chi connectivity index (χ0v) is 17.6. The molecule has 13 heteroatoms. The van der Waals surface area contributed by atoms with Gasteiger partial charge in [-0.3, -0.25) is 0 Å². The van der Waals surface area contributed by atoms with Crippen molar-refractivity contribution in [3.63, 3.8) is 0 Å². The van der Waals surface area contributed by atoms with E-state index in [1.807, 2.05) is 6.92 Å². The molecule has 4 rings (SSSR count). The maximum absolute atomic E-state index is 13.1. The van der Waals surface area contributed by atoms with Crippen molar-refractivity contribution in [1.82, 2.24) is 29.5 Å². The molecule has 0 aromatic carbocycles. The number of nitrogens with two attached hydrogens (primary N) is 1. The number of nitrogens with one attached hydrogen (secondary N) is 1. The number of piperidine rings is 1. The molecule has 29 heavy (non-hydrogen) atoms. The Morgan fingerprint density at radius 1 is 1.38 bits per heavy atom. The highest BCUT2D eigenvalue weighted by atomic mass is 35.5. The Balaban J connectivity index is 1.54. The molecule has 0 spiro atoms. The number of rotatable bonds is 4. The van der Waals surface area contributed by atoms with Gasteiger partial charge >= 0.3 is 0 Å². The van der Waals surface area contributed by atoms with Crippen molar-refractivity contribution in [1.29, 1.82) is 0 Å². The third-order valence-corrected chi connectivity index (χ3v) is 8.13. The predicted molar refractivity (Wildman–Crippen MR) is 106 cm³/mol. The molecule has 9 nitrogen and oxygen atoms in total. The van der Waals surface area contributed by atoms with E-state index in [4.69, 9.17) is 17.3 Å². The van der Waals surface area contributed by atoms with Crippen LogP contribution in [0.3, 0.4) is 0 Å². The minimum atomic E-state index is -3.74. The van der Waals surface area contributed by atoms with Gasteiger partial charge in [-0.15, -0.1) is 10.2 Å². The van der Waals surface area contributed by atoms with E-state index in [0.29, 0.717) is 36.2 Å². The van der Waals surface area contributed by atoms with Gasteiger partial charge in [-0.05, 0) is 24.5 Å². The van der Waals surface area contributed by atoms with Gasteiger partial charge in [-0.25, -0.2) is 22.8 Å². The first-order valence-electron chi connectivity index (χ1n) is 8.72. The molecule has 0 saturated carbocycles. The lowest BCUT2D eigenvalue weighted by molar-refractivity contribution is 0.246. The molecule has 3 N–H and O–H groups in total. The summed E-state index contributed by atoms with van der Waals surface area (Å²) in [6.45, 7) is 2.55. The van der Waals surface area contributed by atoms with Crippen molar-refractivity contribution >= 4 is 38.1 Å². The first-order valence-corrected chi connectivity index (χ1v) is 11.4. The molecule has 1 aliphatic heterocycles. The Morgan fingerprint density at radius 2 is 2.17 bits per heavy atom. The van der Waals surface area contributed by atoms with Crippen molar-refractivity contribution in [2.75, 3.05) is 18.8 Å². The van der Waals surface area contributed by atoms with E-state index in [9.17, 15) is 12.8 Å². The molecule has 3 aromatic rings. The Labute approximate surface area is 175 Å². The molecule has 3 aromatic heterocycles. The second-order valence-electron chi connectivity index (χ2n) is 6.79. The number of anilines is 1. The summed E-state index contributed by atoms with van der Waals surface area (Å²) < 4.78 is 39.9. The summed E-state index contributed by atoms with van der Waals surface area (Å²) in [6, 6.07) is 2.81. The standard InChI is InChI=1S/C16H17ClFN7O2S2/c1-8-7-25(29(26,27)16-24-23-15(19)28-16)5-4-10(8)12-13(17)22-14(21-12)11-3-2-9(18)6-20-11/h2-3,6,8,10H,4-5,7H2,1H3,(H2,19,23)(H,21,22)/t8-,10+/m0/s1. The lowest BCUT2D eigenvalue weighted by Crippen LogP contribution is -2.42. The fraction of sp³-hybridized carbons (Fsp3) is 0.375. The summed E-state index contributed by atoms with van der Waals surface area (Å²) in [6.07, 6.45) is 1.66. The highest BCUT2D eigenvalue weighted by Crippen LogP contribution is 2.38. The van der Waals surface area contributed by atoms with Crippen molar-refractivity contribution in [3.05, 3.63) is 35.0 Å². The van der Waals surface area contributed by atoms with Gasteiger partial charge in [0.05, 0.1) is 11.9 Å². The maximum Gasteiger partial charge on any atom is 0.272 e. The van der Waals surface area contributed by atoms with Crippen LogP contribution in [0, 0.1) is 11.7 Å². The van der Waals surface area contributed by atoms with Crippen LogP contribution in [0.4, 0.5) is 9.52 Å². The second kappa shape index (κ2) is 7.59. The molecular formula is C16H17ClFN7O2S2. The van der Waals surface area contributed by atoms with E-state index in [1.165, 1.54) is 16.4 Å². The van der Waals surface area contributed by atoms with Gasteiger partial charge in [0.25, 0.3) is 10.0 Å². The zero-order valence-electron chi connectivity index (χ0n) is 15.2. The van der Waals surface area contributed by atoms with Gasteiger partial charge in [-0.1, -0.05) is 29.9 Å². The Kier molecular flexibility index (Phi) is 5.27. The summed E-state index contributed by atoms with van der Waals surface area (Å²) in [5.41, 5.74) is 6.71. The third-order valence-electron chi connectivity index (χ3n) is 4.88. The van der Waals surface area contributed by atoms with Crippen molar-refractivity contribution in [3.8, 4) is 11.5 Å². The molecule has 1 aliphatic rings. The number of imidazole rings is 1. The number of hydrogen-bond acceptors (Lipinski definition) is 8. The molecule has 0 radical (unpaired) electrons. The maximum atomic E-state index is 13.1. The van der Waals surface area contributed by atoms with Gasteiger partial charge in [-0.2, -0.15) is 4.31 Å². The summed E-state index contributed by atoms with van der Waals surface area (Å²) in [7, 11) is -3.74. The smallest absolute Gasteiger partial charge is 0.272 e. The summed E-state index contributed by atoms with van der Waals surface area (Å²) in [5.74, 6) is -0.0477. The number of halogens is 2. The highest BCUT2D eigenvalue weighted by Gasteiger charge is 2.37. The lowest BCUT2D eigenvalue weighted by atomic mass is 9.86. The molecule has 154 valence electrons. The quantitative estimate of drug-likeness (QED) is 0.615. The van der Waals surface area contributed by atoms with E-state index in [2.05, 4.69) is 25.1 Å². The lowest BCUT2D eigenvalue weighted by Gasteiger charge is -2.35. The van der Waals surface area contributed by atoms with Crippen LogP contribution >= 0.6 is 22.9 Å². The second-order valence-corrected chi connectivity index (χ2v) is 10.3. The normalized spacial score (nSPS) is 20.8. The number of aromatic amines is 1. The van der Waals surface area contributed by atoms with Crippen LogP contribution in [-0.4, -0.2) is 51.0 Å². The predicted octanol–water partition coefficient (Wildman–Crippen LogP) is 2.51. The monoisotopic (exact) mass is 457 g/mol. The first kappa shape index (κ1) is 20.1. The third kappa shape index (κ3) is 3.84. The number of sulfonamides is 1. The number of H-pyrrole nitrogens is 1. The molecule has 1 saturated heterocycles. The van der Waals surface area contributed by atoms with Crippen molar-refractivity contribution < 1.29 is 12.8 Å². The molecule has 0 amide bonds. The SMILES string of the molecule is C[C@H]1CN(S(=O)(=O)c2nnc(N)s2)CC[C@H]1c1[nH]c(-c2ccc(F)cn2)nc1Cl. The molecule has 0 unspecified atom stereocenters. The topological polar surface area (TPSA) is 131 Å². The first-order chi connectivity index (χ1) is 13.8. The number of pyridine rings is 1. The fourth-order valence-corrected chi connectivity index (χ4v) is 6.19. The van der Waals surface area contributed by atoms with Gasteiger partial charge in [0.2, 0.25) is 9.47 Å². The molecule has 0 bridgehead atoms. The summed E-state index contributed by atoms with van der Waals surface area (Å²) >= 11 is 7.19. The summed E-state index contributed by atoms with van der Waals surface area (Å²) in [5, 5.41) is 7.66. The number of nitrogens with zero attached hydrogens (tertiary/aromatic N) is 5. The fourth-order valence-electron chi connectivity index (χ4n) is 3.44. The Bertz CT molecular complexity index is 1130. The van der Waals surface area contributed by atoms with E-state index >= 15 is 0 Å². The van der Waals surface area contributed by atoms with Crippen LogP contribution in [0.15, 0.2) is 22.7 Å². The van der Waals surface area contributed by atoms with Crippen LogP contribution in [0.1, 0.15) is 25.0 Å². The van der Waals surface area contributed by atoms with Crippen LogP contribution < -0.4 is 5.73 Å². The largest absolute Gasteiger partial charge is 0.374 e. The van der Waals surface area contributed by atoms with Crippen LogP contribution in [0.5, 0.6) is 0 Å². The zero-order chi connectivity index (χ0) is 20.8. The van der Waals surface area contributed by atoms with Crippen LogP contribution in [-0.2, 0) is 10.0 Å². The molecule has 1 fully saturated rings. The van der Waals surface area contributed by atoms with Gasteiger partial charge in [0.15, 0.2) is 11.0 Å². The van der Waals surface area contributed by atoms with Gasteiger partial charge in [0, 0.05) is 19.0 Å². The van der Waals surface area contributed by atoms with Crippen LogP contribution in [0.2, 0.25) is 5.15 Å². The number of aromatic nitrogens is 5. The van der Waals surface area contributed by atoms with Crippen molar-refractivity contribution in [2.24, 2.45) is 5.92 Å². The summed E-state index contributed by atoms with van der Waals surface area (Å²) in [4.78, 5) is 11.5. The average Bonchev–Trinajstić information content (AvgIpc) is 3.28. The Morgan fingerprint density at radius 3 is 2.79 bits per heavy atom. The van der Waals surface area contributed by atoms with E-state index in [0.717, 1.165) is 23.2 Å². The number of hydrogen-bond donors (Lipinski definition) is 2. The van der Waals surface area contributed by atoms with E-state index in [1.54, 1.807) is 0 Å². The molecule has 4 heterocycles. The minimum absolute atomic E-state index is 0.0184. The molecular weight excluding hydrogens is 441 g/mol. The Hall–Kier alpha value is -2.15. The van der Waals surface area contributed by atoms with E-state index in [-0.39, 0.29) is 21.3 Å². The number of nitrogen functional groups attached to an aromatic ring is 1. The minimum Gasteiger partial charge on any atom is -0.374 e. The van der Waals surface area contributed by atoms with Gasteiger partial charge < -0.3 is 10.7 Å². The molecule has 0 aliphatic carbocycles. The van der Waals surface area contributed by atoms with Gasteiger partial charge in [0.1, 0.15) is 11.5 Å². The molecule has 2 atom stereocenters. The highest BCUT2D eigenvalue weighted by molar-refractivity contribution is 7.91.